The number of rotatable bonds is 13. The molecule has 0 amide bonds. The van der Waals surface area contributed by atoms with Crippen LogP contribution in [0.15, 0.2) is 34.0 Å². The molecule has 3 nitrogen and oxygen atoms in total. The molecule has 0 unspecified atom stereocenters. The first kappa shape index (κ1) is 26.7. The molecule has 1 heterocycles. The normalized spacial score (nSPS) is 21.3. The summed E-state index contributed by atoms with van der Waals surface area (Å²) in [4.78, 5) is 19.3. The van der Waals surface area contributed by atoms with Gasteiger partial charge in [0.05, 0.1) is 6.61 Å². The minimum atomic E-state index is -1.94. The molecule has 0 radical (unpaired) electrons. The summed E-state index contributed by atoms with van der Waals surface area (Å²) < 4.78 is 12.7. The van der Waals surface area contributed by atoms with Crippen LogP contribution in [-0.2, 0) is 14.3 Å². The van der Waals surface area contributed by atoms with Crippen molar-refractivity contribution in [1.82, 2.24) is 0 Å². The molecule has 1 aliphatic rings. The van der Waals surface area contributed by atoms with Crippen LogP contribution in [0.25, 0.3) is 0 Å². The van der Waals surface area contributed by atoms with E-state index >= 15 is 0 Å². The van der Waals surface area contributed by atoms with Crippen LogP contribution in [0.2, 0.25) is 40.5 Å². The van der Waals surface area contributed by atoms with Crippen LogP contribution in [0, 0.1) is 5.92 Å². The van der Waals surface area contributed by atoms with Crippen LogP contribution in [0.3, 0.4) is 0 Å². The molecule has 29 heavy (non-hydrogen) atoms. The zero-order valence-electron chi connectivity index (χ0n) is 20.1. The van der Waals surface area contributed by atoms with E-state index in [2.05, 4.69) is 60.1 Å². The summed E-state index contributed by atoms with van der Waals surface area (Å²) in [5.74, 6) is 0.479. The van der Waals surface area contributed by atoms with E-state index in [0.717, 1.165) is 31.7 Å². The van der Waals surface area contributed by atoms with Crippen molar-refractivity contribution in [1.29, 1.82) is 0 Å². The quantitative estimate of drug-likeness (QED) is 0.0663. The first-order valence-corrected chi connectivity index (χ1v) is 24.8. The van der Waals surface area contributed by atoms with Gasteiger partial charge in [-0.05, 0) is 13.0 Å². The fourth-order valence-corrected chi connectivity index (χ4v) is 6.45. The van der Waals surface area contributed by atoms with Gasteiger partial charge >= 0.3 is 129 Å². The zero-order chi connectivity index (χ0) is 22.2. The third kappa shape index (κ3) is 12.2. The monoisotopic (exact) mass is 528 g/mol. The van der Waals surface area contributed by atoms with Gasteiger partial charge in [-0.1, -0.05) is 19.6 Å². The van der Waals surface area contributed by atoms with Crippen molar-refractivity contribution in [3.05, 3.63) is 34.0 Å². The summed E-state index contributed by atoms with van der Waals surface area (Å²) in [6, 6.07) is 1.02. The van der Waals surface area contributed by atoms with Gasteiger partial charge in [-0.2, -0.15) is 0 Å². The molecule has 3 atom stereocenters. The average molecular weight is 527 g/mol. The molecule has 166 valence electrons. The Hall–Kier alpha value is -0.334. The Kier molecular flexibility index (Phi) is 11.0. The Morgan fingerprint density at radius 1 is 1.24 bits per heavy atom. The van der Waals surface area contributed by atoms with Gasteiger partial charge in [0.1, 0.15) is 0 Å². The summed E-state index contributed by atoms with van der Waals surface area (Å²) in [7, 11) is -1.15. The summed E-state index contributed by atoms with van der Waals surface area (Å²) in [5, 5.41) is 0. The SMILES string of the molecule is C=[C](C[C@@H](C)C[C@@H]1O[C@H]1/C=C/CC/C=C(\C)C(=O)OCC[Si](C)(C)C)[Sn]([CH3])([CH3])[CH3]. The molecule has 0 aromatic carbocycles. The van der Waals surface area contributed by atoms with Gasteiger partial charge in [0.2, 0.25) is 0 Å². The van der Waals surface area contributed by atoms with E-state index < -0.39 is 26.5 Å². The molecule has 1 fully saturated rings. The second kappa shape index (κ2) is 11.9. The van der Waals surface area contributed by atoms with E-state index in [9.17, 15) is 4.79 Å². The molecule has 1 aliphatic heterocycles. The van der Waals surface area contributed by atoms with Crippen molar-refractivity contribution >= 4 is 32.4 Å². The van der Waals surface area contributed by atoms with Gasteiger partial charge < -0.3 is 4.74 Å². The van der Waals surface area contributed by atoms with Gasteiger partial charge in [0, 0.05) is 8.07 Å². The number of carbonyl (C=O) groups excluding carboxylic acids is 1. The van der Waals surface area contributed by atoms with Crippen molar-refractivity contribution in [2.45, 2.75) is 92.2 Å². The first-order chi connectivity index (χ1) is 13.3. The van der Waals surface area contributed by atoms with E-state index in [1.165, 1.54) is 3.59 Å². The van der Waals surface area contributed by atoms with E-state index in [-0.39, 0.29) is 12.1 Å². The number of unbranched alkanes of at least 4 members (excludes halogenated alkanes) is 1. The van der Waals surface area contributed by atoms with Crippen LogP contribution in [0.4, 0.5) is 0 Å². The maximum atomic E-state index is 12.0. The van der Waals surface area contributed by atoms with Crippen LogP contribution in [-0.4, -0.2) is 51.2 Å². The van der Waals surface area contributed by atoms with Gasteiger partial charge in [-0.3, -0.25) is 0 Å². The number of esters is 1. The molecule has 0 saturated carbocycles. The number of allylic oxidation sites excluding steroid dienone is 3. The predicted octanol–water partition coefficient (Wildman–Crippen LogP) is 6.77. The van der Waals surface area contributed by atoms with E-state index in [4.69, 9.17) is 9.47 Å². The zero-order valence-corrected chi connectivity index (χ0v) is 24.0. The summed E-state index contributed by atoms with van der Waals surface area (Å²) in [6.45, 7) is 15.9. The Labute approximate surface area is 184 Å². The molecule has 0 aromatic rings. The van der Waals surface area contributed by atoms with Crippen molar-refractivity contribution in [3.63, 3.8) is 0 Å². The number of hydrogen-bond donors (Lipinski definition) is 0. The van der Waals surface area contributed by atoms with Crippen molar-refractivity contribution in [2.24, 2.45) is 5.92 Å². The molecule has 1 saturated heterocycles. The standard InChI is InChI=1S/C21H35O3Si.3CH3.Sn/c1-7-11-17(2)16-20-19(24-20)13-10-8-9-12-18(3)21(22)23-14-15-25(4,5)6;;;;/h10,12-13,17,19-20H,1,8-9,11,14-16H2,2-6H3;3*1H3;/b13-10+,18-12+;;;;/t17-,19+,20+;;;;/m1..../s1. The van der Waals surface area contributed by atoms with E-state index in [1.807, 2.05) is 13.0 Å². The number of ether oxygens (including phenoxy) is 2. The van der Waals surface area contributed by atoms with Crippen LogP contribution in [0.1, 0.15) is 39.5 Å². The third-order valence-electron chi connectivity index (χ3n) is 5.43. The fourth-order valence-electron chi connectivity index (χ4n) is 3.00. The maximum absolute atomic E-state index is 12.0. The summed E-state index contributed by atoms with van der Waals surface area (Å²) in [5.41, 5.74) is 0.716. The second-order valence-corrected chi connectivity index (χ2v) is 31.4. The number of epoxide rings is 1. The Balaban J connectivity index is 2.21. The third-order valence-corrected chi connectivity index (χ3v) is 13.8. The second-order valence-electron chi connectivity index (χ2n) is 10.9. The molecule has 1 rings (SSSR count). The van der Waals surface area contributed by atoms with Gasteiger partial charge in [-0.15, -0.1) is 0 Å². The number of carbonyl (C=O) groups is 1. The first-order valence-electron chi connectivity index (χ1n) is 11.1. The van der Waals surface area contributed by atoms with Crippen molar-refractivity contribution in [2.75, 3.05) is 6.61 Å². The molecular formula is C24H44O3SiSn. The Bertz CT molecular complexity index is 611. The molecule has 0 aliphatic carbocycles. The Morgan fingerprint density at radius 3 is 2.48 bits per heavy atom. The van der Waals surface area contributed by atoms with Gasteiger partial charge in [-0.25, -0.2) is 4.79 Å². The predicted molar refractivity (Wildman–Crippen MR) is 131 cm³/mol. The molecule has 0 N–H and O–H groups in total. The average Bonchev–Trinajstić information content (AvgIpc) is 3.29. The molecule has 0 bridgehead atoms. The fraction of sp³-hybridized carbons (Fsp3) is 0.708. The van der Waals surface area contributed by atoms with Crippen LogP contribution >= 0.6 is 0 Å². The van der Waals surface area contributed by atoms with Gasteiger partial charge in [0.25, 0.3) is 0 Å². The molecular weight excluding hydrogens is 483 g/mol. The Morgan fingerprint density at radius 2 is 1.90 bits per heavy atom. The van der Waals surface area contributed by atoms with Gasteiger partial charge in [0.15, 0.2) is 0 Å². The molecule has 0 spiro atoms. The molecule has 0 aromatic heterocycles. The minimum absolute atomic E-state index is 0.173. The van der Waals surface area contributed by atoms with E-state index in [0.29, 0.717) is 24.2 Å². The molecule has 5 heteroatoms. The van der Waals surface area contributed by atoms with E-state index in [1.54, 1.807) is 0 Å². The summed E-state index contributed by atoms with van der Waals surface area (Å²) >= 11 is -1.94. The summed E-state index contributed by atoms with van der Waals surface area (Å²) in [6.07, 6.45) is 11.1. The topological polar surface area (TPSA) is 38.8 Å². The van der Waals surface area contributed by atoms with Crippen molar-refractivity contribution in [3.8, 4) is 0 Å². The van der Waals surface area contributed by atoms with Crippen molar-refractivity contribution < 1.29 is 14.3 Å². The van der Waals surface area contributed by atoms with Crippen LogP contribution < -0.4 is 0 Å². The number of hydrogen-bond acceptors (Lipinski definition) is 3. The van der Waals surface area contributed by atoms with Crippen LogP contribution in [0.5, 0.6) is 0 Å².